The SMILES string of the molecule is CNC(=O)C(C)n1cncc1C1CCCNC1. The first-order chi connectivity index (χ1) is 8.24. The molecule has 1 amide bonds. The fourth-order valence-corrected chi connectivity index (χ4v) is 2.39. The molecule has 5 nitrogen and oxygen atoms in total. The van der Waals surface area contributed by atoms with Crippen LogP contribution in [0.3, 0.4) is 0 Å². The molecule has 2 rings (SSSR count). The Hall–Kier alpha value is -1.36. The second kappa shape index (κ2) is 5.31. The van der Waals surface area contributed by atoms with E-state index in [2.05, 4.69) is 15.6 Å². The molecule has 1 aromatic heterocycles. The van der Waals surface area contributed by atoms with Crippen LogP contribution in [0, 0.1) is 0 Å². The third kappa shape index (κ3) is 2.49. The molecule has 0 bridgehead atoms. The molecule has 5 heteroatoms. The molecule has 1 aliphatic heterocycles. The molecule has 2 atom stereocenters. The van der Waals surface area contributed by atoms with Crippen molar-refractivity contribution in [2.45, 2.75) is 31.7 Å². The van der Waals surface area contributed by atoms with Gasteiger partial charge in [-0.2, -0.15) is 0 Å². The Labute approximate surface area is 102 Å². The summed E-state index contributed by atoms with van der Waals surface area (Å²) >= 11 is 0. The first kappa shape index (κ1) is 12.1. The molecule has 0 radical (unpaired) electrons. The summed E-state index contributed by atoms with van der Waals surface area (Å²) in [6.07, 6.45) is 5.99. The van der Waals surface area contributed by atoms with E-state index in [4.69, 9.17) is 0 Å². The highest BCUT2D eigenvalue weighted by Crippen LogP contribution is 2.25. The minimum absolute atomic E-state index is 0.0213. The van der Waals surface area contributed by atoms with Crippen molar-refractivity contribution in [3.63, 3.8) is 0 Å². The Morgan fingerprint density at radius 2 is 2.53 bits per heavy atom. The monoisotopic (exact) mass is 236 g/mol. The molecule has 1 saturated heterocycles. The van der Waals surface area contributed by atoms with Gasteiger partial charge < -0.3 is 15.2 Å². The van der Waals surface area contributed by atoms with Crippen LogP contribution in [0.15, 0.2) is 12.5 Å². The molecule has 1 fully saturated rings. The van der Waals surface area contributed by atoms with E-state index in [0.29, 0.717) is 5.92 Å². The molecular formula is C12H20N4O. The maximum atomic E-state index is 11.7. The predicted octanol–water partition coefficient (Wildman–Crippen LogP) is 0.657. The first-order valence-corrected chi connectivity index (χ1v) is 6.18. The number of aromatic nitrogens is 2. The van der Waals surface area contributed by atoms with Gasteiger partial charge >= 0.3 is 0 Å². The molecular weight excluding hydrogens is 216 g/mol. The van der Waals surface area contributed by atoms with Gasteiger partial charge in [-0.1, -0.05) is 0 Å². The zero-order valence-corrected chi connectivity index (χ0v) is 10.4. The fraction of sp³-hybridized carbons (Fsp3) is 0.667. The lowest BCUT2D eigenvalue weighted by Crippen LogP contribution is -2.32. The van der Waals surface area contributed by atoms with Crippen LogP contribution in [0.4, 0.5) is 0 Å². The summed E-state index contributed by atoms with van der Waals surface area (Å²) < 4.78 is 1.98. The molecule has 1 aliphatic rings. The third-order valence-corrected chi connectivity index (χ3v) is 3.45. The minimum Gasteiger partial charge on any atom is -0.357 e. The highest BCUT2D eigenvalue weighted by atomic mass is 16.2. The van der Waals surface area contributed by atoms with Gasteiger partial charge in [0.25, 0.3) is 0 Å². The molecule has 2 unspecified atom stereocenters. The molecule has 0 saturated carbocycles. The maximum Gasteiger partial charge on any atom is 0.242 e. The summed E-state index contributed by atoms with van der Waals surface area (Å²) in [5.74, 6) is 0.492. The Bertz CT molecular complexity index is 382. The quantitative estimate of drug-likeness (QED) is 0.810. The minimum atomic E-state index is -0.195. The second-order valence-electron chi connectivity index (χ2n) is 4.56. The van der Waals surface area contributed by atoms with E-state index in [9.17, 15) is 4.79 Å². The van der Waals surface area contributed by atoms with Gasteiger partial charge in [-0.05, 0) is 26.3 Å². The van der Waals surface area contributed by atoms with Crippen molar-refractivity contribution in [1.29, 1.82) is 0 Å². The van der Waals surface area contributed by atoms with Gasteiger partial charge in [-0.3, -0.25) is 4.79 Å². The molecule has 17 heavy (non-hydrogen) atoms. The molecule has 94 valence electrons. The summed E-state index contributed by atoms with van der Waals surface area (Å²) in [6, 6.07) is -0.195. The van der Waals surface area contributed by atoms with Crippen LogP contribution in [-0.4, -0.2) is 35.6 Å². The molecule has 2 N–H and O–H groups in total. The number of amides is 1. The van der Waals surface area contributed by atoms with E-state index in [1.807, 2.05) is 17.7 Å². The van der Waals surface area contributed by atoms with Crippen LogP contribution in [0.5, 0.6) is 0 Å². The van der Waals surface area contributed by atoms with E-state index in [0.717, 1.165) is 18.8 Å². The van der Waals surface area contributed by atoms with Crippen LogP contribution in [0.2, 0.25) is 0 Å². The normalized spacial score (nSPS) is 22.1. The zero-order valence-electron chi connectivity index (χ0n) is 10.4. The lowest BCUT2D eigenvalue weighted by atomic mass is 9.96. The van der Waals surface area contributed by atoms with Crippen molar-refractivity contribution >= 4 is 5.91 Å². The number of piperidine rings is 1. The van der Waals surface area contributed by atoms with Crippen LogP contribution in [0.25, 0.3) is 0 Å². The summed E-state index contributed by atoms with van der Waals surface area (Å²) in [7, 11) is 1.66. The zero-order chi connectivity index (χ0) is 12.3. The van der Waals surface area contributed by atoms with Gasteiger partial charge in [0.2, 0.25) is 5.91 Å². The second-order valence-corrected chi connectivity index (χ2v) is 4.56. The highest BCUT2D eigenvalue weighted by Gasteiger charge is 2.22. The topological polar surface area (TPSA) is 59.0 Å². The third-order valence-electron chi connectivity index (χ3n) is 3.45. The Kier molecular flexibility index (Phi) is 3.78. The fourth-order valence-electron chi connectivity index (χ4n) is 2.39. The van der Waals surface area contributed by atoms with Gasteiger partial charge in [-0.15, -0.1) is 0 Å². The van der Waals surface area contributed by atoms with Gasteiger partial charge in [0.1, 0.15) is 6.04 Å². The van der Waals surface area contributed by atoms with Crippen molar-refractivity contribution in [3.8, 4) is 0 Å². The number of carbonyl (C=O) groups excluding carboxylic acids is 1. The lowest BCUT2D eigenvalue weighted by molar-refractivity contribution is -0.123. The molecule has 0 aromatic carbocycles. The van der Waals surface area contributed by atoms with Crippen molar-refractivity contribution < 1.29 is 4.79 Å². The first-order valence-electron chi connectivity index (χ1n) is 6.18. The average Bonchev–Trinajstić information content (AvgIpc) is 2.87. The standard InChI is InChI=1S/C12H20N4O/c1-9(12(17)13-2)16-8-15-7-11(16)10-4-3-5-14-6-10/h7-10,14H,3-6H2,1-2H3,(H,13,17). The van der Waals surface area contributed by atoms with E-state index in [1.165, 1.54) is 12.8 Å². The summed E-state index contributed by atoms with van der Waals surface area (Å²) in [5, 5.41) is 6.07. The number of nitrogens with one attached hydrogen (secondary N) is 2. The van der Waals surface area contributed by atoms with Crippen molar-refractivity contribution in [3.05, 3.63) is 18.2 Å². The van der Waals surface area contributed by atoms with Crippen LogP contribution < -0.4 is 10.6 Å². The largest absolute Gasteiger partial charge is 0.357 e. The Balaban J connectivity index is 2.18. The number of likely N-dealkylation sites (N-methyl/N-ethyl adjacent to an activating group) is 1. The molecule has 0 spiro atoms. The molecule has 1 aromatic rings. The number of nitrogens with zero attached hydrogens (tertiary/aromatic N) is 2. The number of imidazole rings is 1. The highest BCUT2D eigenvalue weighted by molar-refractivity contribution is 5.79. The van der Waals surface area contributed by atoms with Crippen LogP contribution in [0.1, 0.15) is 37.4 Å². The van der Waals surface area contributed by atoms with Crippen LogP contribution in [-0.2, 0) is 4.79 Å². The average molecular weight is 236 g/mol. The predicted molar refractivity (Wildman–Crippen MR) is 65.8 cm³/mol. The van der Waals surface area contributed by atoms with Crippen molar-refractivity contribution in [1.82, 2.24) is 20.2 Å². The maximum absolute atomic E-state index is 11.7. The summed E-state index contributed by atoms with van der Waals surface area (Å²) in [6.45, 7) is 3.97. The number of rotatable bonds is 3. The number of hydrogen-bond donors (Lipinski definition) is 2. The van der Waals surface area contributed by atoms with Crippen LogP contribution >= 0.6 is 0 Å². The Morgan fingerprint density at radius 1 is 1.71 bits per heavy atom. The van der Waals surface area contributed by atoms with Gasteiger partial charge in [0.15, 0.2) is 0 Å². The van der Waals surface area contributed by atoms with E-state index >= 15 is 0 Å². The van der Waals surface area contributed by atoms with E-state index in [-0.39, 0.29) is 11.9 Å². The molecule has 2 heterocycles. The van der Waals surface area contributed by atoms with Crippen molar-refractivity contribution in [2.24, 2.45) is 0 Å². The summed E-state index contributed by atoms with van der Waals surface area (Å²) in [4.78, 5) is 15.9. The number of carbonyl (C=O) groups is 1. The Morgan fingerprint density at radius 3 is 3.18 bits per heavy atom. The van der Waals surface area contributed by atoms with Gasteiger partial charge in [0.05, 0.1) is 6.33 Å². The summed E-state index contributed by atoms with van der Waals surface area (Å²) in [5.41, 5.74) is 1.16. The number of hydrogen-bond acceptors (Lipinski definition) is 3. The van der Waals surface area contributed by atoms with Crippen molar-refractivity contribution in [2.75, 3.05) is 20.1 Å². The van der Waals surface area contributed by atoms with E-state index < -0.39 is 0 Å². The van der Waals surface area contributed by atoms with Gasteiger partial charge in [-0.25, -0.2) is 4.98 Å². The van der Waals surface area contributed by atoms with Gasteiger partial charge in [0, 0.05) is 31.4 Å². The lowest BCUT2D eigenvalue weighted by Gasteiger charge is -2.25. The smallest absolute Gasteiger partial charge is 0.242 e. The molecule has 0 aliphatic carbocycles. The van der Waals surface area contributed by atoms with E-state index in [1.54, 1.807) is 13.4 Å².